The first-order valence-electron chi connectivity index (χ1n) is 8.31. The number of hydrogen-bond donors (Lipinski definition) is 1. The lowest BCUT2D eigenvalue weighted by Crippen LogP contribution is -2.28. The van der Waals surface area contributed by atoms with Crippen LogP contribution in [-0.2, 0) is 6.18 Å². The van der Waals surface area contributed by atoms with Gasteiger partial charge in [0.15, 0.2) is 6.10 Å². The van der Waals surface area contributed by atoms with Crippen LogP contribution in [0.1, 0.15) is 48.9 Å². The quantitative estimate of drug-likeness (QED) is 0.624. The van der Waals surface area contributed by atoms with Gasteiger partial charge in [0.1, 0.15) is 5.01 Å². The summed E-state index contributed by atoms with van der Waals surface area (Å²) in [5, 5.41) is 10.3. The Bertz CT molecular complexity index is 735. The van der Waals surface area contributed by atoms with Gasteiger partial charge in [0, 0.05) is 11.5 Å². The van der Waals surface area contributed by atoms with Crippen LogP contribution < -0.4 is 0 Å². The Kier molecular flexibility index (Phi) is 6.07. The van der Waals surface area contributed by atoms with E-state index in [1.165, 1.54) is 19.1 Å². The van der Waals surface area contributed by atoms with Gasteiger partial charge in [0.25, 0.3) is 5.92 Å². The molecule has 0 spiro atoms. The second kappa shape index (κ2) is 7.60. The van der Waals surface area contributed by atoms with Crippen molar-refractivity contribution in [2.24, 2.45) is 5.92 Å². The third kappa shape index (κ3) is 4.23. The summed E-state index contributed by atoms with van der Waals surface area (Å²) in [5.41, 5.74) is -0.132. The standard InChI is InChI=1S/C16H14F5NOS.C2H6/c1-8-12(13(23)15(17,18)10-6-7-10)24-14(22-8)9-2-4-11(5-3-9)16(19,20)21;1-2/h2-5,10,13,23H,6-7H2,1H3;1-2H3. The summed E-state index contributed by atoms with van der Waals surface area (Å²) in [6.07, 6.45) is -5.61. The number of aromatic nitrogens is 1. The lowest BCUT2D eigenvalue weighted by Gasteiger charge is -2.21. The minimum absolute atomic E-state index is 0.0572. The van der Waals surface area contributed by atoms with E-state index in [2.05, 4.69) is 4.98 Å². The van der Waals surface area contributed by atoms with Gasteiger partial charge < -0.3 is 5.11 Å². The minimum Gasteiger partial charge on any atom is -0.381 e. The van der Waals surface area contributed by atoms with Crippen molar-refractivity contribution < 1.29 is 27.1 Å². The average Bonchev–Trinajstić information content (AvgIpc) is 3.39. The van der Waals surface area contributed by atoms with Crippen molar-refractivity contribution in [3.63, 3.8) is 0 Å². The van der Waals surface area contributed by atoms with Crippen LogP contribution in [-0.4, -0.2) is 16.0 Å². The molecule has 0 amide bonds. The molecule has 0 aliphatic heterocycles. The van der Waals surface area contributed by atoms with Gasteiger partial charge in [-0.25, -0.2) is 13.8 Å². The largest absolute Gasteiger partial charge is 0.416 e. The normalized spacial score (nSPS) is 16.0. The van der Waals surface area contributed by atoms with Gasteiger partial charge in [-0.15, -0.1) is 11.3 Å². The molecule has 3 rings (SSSR count). The molecule has 8 heteroatoms. The predicted molar refractivity (Wildman–Crippen MR) is 91.3 cm³/mol. The third-order valence-corrected chi connectivity index (χ3v) is 5.29. The smallest absolute Gasteiger partial charge is 0.381 e. The van der Waals surface area contributed by atoms with Crippen LogP contribution in [0.25, 0.3) is 10.6 Å². The van der Waals surface area contributed by atoms with Gasteiger partial charge in [-0.05, 0) is 31.9 Å². The first kappa shape index (κ1) is 20.8. The van der Waals surface area contributed by atoms with E-state index in [1.54, 1.807) is 0 Å². The number of halogens is 5. The summed E-state index contributed by atoms with van der Waals surface area (Å²) in [5.74, 6) is -4.03. The minimum atomic E-state index is -4.44. The van der Waals surface area contributed by atoms with Gasteiger partial charge >= 0.3 is 6.18 Å². The number of nitrogens with zero attached hydrogens (tertiary/aromatic N) is 1. The van der Waals surface area contributed by atoms with Crippen molar-refractivity contribution in [2.75, 3.05) is 0 Å². The molecule has 0 radical (unpaired) electrons. The van der Waals surface area contributed by atoms with Crippen LogP contribution in [0.4, 0.5) is 22.0 Å². The van der Waals surface area contributed by atoms with Gasteiger partial charge in [-0.1, -0.05) is 26.0 Å². The fraction of sp³-hybridized carbons (Fsp3) is 0.500. The van der Waals surface area contributed by atoms with Crippen LogP contribution in [0.5, 0.6) is 0 Å². The molecular formula is C18H20F5NOS. The van der Waals surface area contributed by atoms with Gasteiger partial charge in [0.05, 0.1) is 16.1 Å². The highest BCUT2D eigenvalue weighted by Gasteiger charge is 2.53. The van der Waals surface area contributed by atoms with E-state index in [0.717, 1.165) is 23.5 Å². The summed E-state index contributed by atoms with van der Waals surface area (Å²) in [4.78, 5) is 4.19. The number of aliphatic hydroxyl groups is 1. The number of hydrogen-bond acceptors (Lipinski definition) is 3. The van der Waals surface area contributed by atoms with Crippen molar-refractivity contribution in [3.05, 3.63) is 40.4 Å². The van der Waals surface area contributed by atoms with E-state index in [0.29, 0.717) is 23.4 Å². The molecule has 26 heavy (non-hydrogen) atoms. The zero-order valence-electron chi connectivity index (χ0n) is 14.6. The summed E-state index contributed by atoms with van der Waals surface area (Å²) in [6, 6.07) is 4.33. The topological polar surface area (TPSA) is 33.1 Å². The molecule has 1 heterocycles. The molecule has 1 aliphatic carbocycles. The second-order valence-electron chi connectivity index (χ2n) is 5.90. The maximum absolute atomic E-state index is 14.1. The first-order valence-corrected chi connectivity index (χ1v) is 9.13. The molecule has 1 saturated carbocycles. The maximum Gasteiger partial charge on any atom is 0.416 e. The number of rotatable bonds is 4. The molecule has 1 N–H and O–H groups in total. The van der Waals surface area contributed by atoms with Crippen LogP contribution in [0.3, 0.4) is 0 Å². The lowest BCUT2D eigenvalue weighted by atomic mass is 10.1. The zero-order chi connectivity index (χ0) is 19.7. The van der Waals surface area contributed by atoms with Gasteiger partial charge in [-0.3, -0.25) is 0 Å². The van der Waals surface area contributed by atoms with Crippen LogP contribution >= 0.6 is 11.3 Å². The Morgan fingerprint density at radius 2 is 1.62 bits per heavy atom. The molecule has 2 aromatic rings. The monoisotopic (exact) mass is 393 g/mol. The fourth-order valence-corrected chi connectivity index (χ4v) is 3.56. The Balaban J connectivity index is 0.00000117. The van der Waals surface area contributed by atoms with E-state index < -0.39 is 29.7 Å². The lowest BCUT2D eigenvalue weighted by molar-refractivity contribution is -0.137. The van der Waals surface area contributed by atoms with E-state index >= 15 is 0 Å². The maximum atomic E-state index is 14.1. The van der Waals surface area contributed by atoms with Crippen molar-refractivity contribution in [2.45, 2.75) is 51.8 Å². The molecule has 0 saturated heterocycles. The van der Waals surface area contributed by atoms with Crippen LogP contribution in [0.2, 0.25) is 0 Å². The zero-order valence-corrected chi connectivity index (χ0v) is 15.4. The highest BCUT2D eigenvalue weighted by Crippen LogP contribution is 2.51. The number of alkyl halides is 5. The number of benzene rings is 1. The van der Waals surface area contributed by atoms with E-state index in [9.17, 15) is 27.1 Å². The molecule has 1 aliphatic rings. The SMILES string of the molecule is CC.Cc1nc(-c2ccc(C(F)(F)F)cc2)sc1C(O)C(F)(F)C1CC1. The molecule has 1 atom stereocenters. The van der Waals surface area contributed by atoms with Crippen molar-refractivity contribution in [1.29, 1.82) is 0 Å². The average molecular weight is 393 g/mol. The summed E-state index contributed by atoms with van der Waals surface area (Å²) >= 11 is 0.884. The second-order valence-corrected chi connectivity index (χ2v) is 6.93. The molecule has 1 aromatic carbocycles. The number of thiazole rings is 1. The van der Waals surface area contributed by atoms with E-state index in [-0.39, 0.29) is 10.6 Å². The Labute approximate surface area is 152 Å². The summed E-state index contributed by atoms with van der Waals surface area (Å²) < 4.78 is 65.9. The van der Waals surface area contributed by atoms with Crippen molar-refractivity contribution >= 4 is 11.3 Å². The first-order chi connectivity index (χ1) is 12.1. The van der Waals surface area contributed by atoms with E-state index in [4.69, 9.17) is 0 Å². The molecule has 1 aromatic heterocycles. The molecule has 0 bridgehead atoms. The predicted octanol–water partition coefficient (Wildman–Crippen LogP) is 6.24. The highest BCUT2D eigenvalue weighted by atomic mass is 32.1. The summed E-state index contributed by atoms with van der Waals surface area (Å²) in [7, 11) is 0. The Morgan fingerprint density at radius 1 is 1.08 bits per heavy atom. The number of aryl methyl sites for hydroxylation is 1. The Hall–Kier alpha value is -1.54. The third-order valence-electron chi connectivity index (χ3n) is 4.03. The molecule has 1 fully saturated rings. The summed E-state index contributed by atoms with van der Waals surface area (Å²) in [6.45, 7) is 5.51. The highest BCUT2D eigenvalue weighted by molar-refractivity contribution is 7.15. The van der Waals surface area contributed by atoms with Gasteiger partial charge in [0.2, 0.25) is 0 Å². The van der Waals surface area contributed by atoms with Gasteiger partial charge in [-0.2, -0.15) is 13.2 Å². The van der Waals surface area contributed by atoms with E-state index in [1.807, 2.05) is 13.8 Å². The van der Waals surface area contributed by atoms with Crippen molar-refractivity contribution in [1.82, 2.24) is 4.98 Å². The fourth-order valence-electron chi connectivity index (χ4n) is 2.45. The van der Waals surface area contributed by atoms with Crippen LogP contribution in [0.15, 0.2) is 24.3 Å². The molecule has 1 unspecified atom stereocenters. The Morgan fingerprint density at radius 3 is 2.08 bits per heavy atom. The van der Waals surface area contributed by atoms with Crippen LogP contribution in [0, 0.1) is 12.8 Å². The number of aliphatic hydroxyl groups excluding tert-OH is 1. The molecule has 2 nitrogen and oxygen atoms in total. The van der Waals surface area contributed by atoms with Crippen molar-refractivity contribution in [3.8, 4) is 10.6 Å². The molecular weight excluding hydrogens is 373 g/mol. The molecule has 144 valence electrons.